The topological polar surface area (TPSA) is 42.2 Å². The molecule has 0 bridgehead atoms. The van der Waals surface area contributed by atoms with Gasteiger partial charge in [-0.3, -0.25) is 0 Å². The van der Waals surface area contributed by atoms with Gasteiger partial charge in [0.15, 0.2) is 0 Å². The molecule has 1 N–H and O–H groups in total. The first-order valence-electron chi connectivity index (χ1n) is 8.37. The van der Waals surface area contributed by atoms with Gasteiger partial charge in [-0.05, 0) is 55.5 Å². The summed E-state index contributed by atoms with van der Waals surface area (Å²) in [6.45, 7) is 0. The van der Waals surface area contributed by atoms with E-state index >= 15 is 0 Å². The molecule has 0 fully saturated rings. The number of hydrogen-bond donors (Lipinski definition) is 1. The molecule has 0 aliphatic heterocycles. The summed E-state index contributed by atoms with van der Waals surface area (Å²) in [5.41, 5.74) is 5.87. The Hall–Kier alpha value is -2.81. The average molecular weight is 317 g/mol. The maximum absolute atomic E-state index is 11.7. The molecule has 3 nitrogen and oxygen atoms in total. The van der Waals surface area contributed by atoms with Gasteiger partial charge in [-0.25, -0.2) is 4.79 Å². The summed E-state index contributed by atoms with van der Waals surface area (Å²) >= 11 is 0. The highest BCUT2D eigenvalue weighted by Gasteiger charge is 2.22. The molecule has 0 saturated heterocycles. The van der Waals surface area contributed by atoms with Crippen molar-refractivity contribution < 1.29 is 9.90 Å². The summed E-state index contributed by atoms with van der Waals surface area (Å²) in [6.07, 6.45) is 4.49. The second-order valence-corrected chi connectivity index (χ2v) is 6.23. The third-order valence-corrected chi connectivity index (χ3v) is 4.75. The van der Waals surface area contributed by atoms with Crippen molar-refractivity contribution in [1.29, 1.82) is 0 Å². The molecule has 1 aromatic heterocycles. The predicted octanol–water partition coefficient (Wildman–Crippen LogP) is 4.72. The van der Waals surface area contributed by atoms with E-state index in [4.69, 9.17) is 0 Å². The minimum Gasteiger partial charge on any atom is -0.478 e. The van der Waals surface area contributed by atoms with E-state index < -0.39 is 5.97 Å². The summed E-state index contributed by atoms with van der Waals surface area (Å²) < 4.78 is 2.25. The highest BCUT2D eigenvalue weighted by molar-refractivity contribution is 5.96. The van der Waals surface area contributed by atoms with E-state index in [0.29, 0.717) is 5.56 Å². The minimum atomic E-state index is -0.885. The first-order chi connectivity index (χ1) is 11.8. The van der Waals surface area contributed by atoms with Crippen molar-refractivity contribution in [2.45, 2.75) is 25.7 Å². The molecule has 2 aromatic carbocycles. The molecule has 0 amide bonds. The highest BCUT2D eigenvalue weighted by Crippen LogP contribution is 2.35. The summed E-state index contributed by atoms with van der Waals surface area (Å²) in [6, 6.07) is 19.7. The SMILES string of the molecule is O=C(O)c1ccccc1-c1cc2c(n1-c1ccccc1)CCCC2. The molecule has 1 aliphatic carbocycles. The number of carbonyl (C=O) groups is 1. The van der Waals surface area contributed by atoms with E-state index in [0.717, 1.165) is 29.8 Å². The Morgan fingerprint density at radius 3 is 2.42 bits per heavy atom. The zero-order chi connectivity index (χ0) is 16.5. The Labute approximate surface area is 141 Å². The number of rotatable bonds is 3. The highest BCUT2D eigenvalue weighted by atomic mass is 16.4. The number of aryl methyl sites for hydroxylation is 1. The third kappa shape index (κ3) is 2.42. The number of fused-ring (bicyclic) bond motifs is 1. The number of hydrogen-bond acceptors (Lipinski definition) is 1. The van der Waals surface area contributed by atoms with Crippen LogP contribution in [0, 0.1) is 0 Å². The van der Waals surface area contributed by atoms with Crippen LogP contribution in [-0.4, -0.2) is 15.6 Å². The van der Waals surface area contributed by atoms with Crippen LogP contribution in [0.25, 0.3) is 16.9 Å². The molecule has 0 unspecified atom stereocenters. The lowest BCUT2D eigenvalue weighted by atomic mass is 9.97. The van der Waals surface area contributed by atoms with E-state index in [9.17, 15) is 9.90 Å². The Morgan fingerprint density at radius 2 is 1.62 bits per heavy atom. The van der Waals surface area contributed by atoms with Gasteiger partial charge in [0, 0.05) is 16.9 Å². The van der Waals surface area contributed by atoms with Gasteiger partial charge in [-0.2, -0.15) is 0 Å². The van der Waals surface area contributed by atoms with Crippen molar-refractivity contribution >= 4 is 5.97 Å². The van der Waals surface area contributed by atoms with E-state index in [1.54, 1.807) is 12.1 Å². The van der Waals surface area contributed by atoms with Crippen LogP contribution in [-0.2, 0) is 12.8 Å². The fourth-order valence-electron chi connectivity index (χ4n) is 3.66. The molecule has 0 spiro atoms. The number of carboxylic acid groups (broad SMARTS) is 1. The van der Waals surface area contributed by atoms with Crippen LogP contribution in [0.5, 0.6) is 0 Å². The Kier molecular flexibility index (Phi) is 3.69. The predicted molar refractivity (Wildman–Crippen MR) is 94.8 cm³/mol. The Bertz CT molecular complexity index is 893. The zero-order valence-electron chi connectivity index (χ0n) is 13.4. The molecule has 1 heterocycles. The van der Waals surface area contributed by atoms with Crippen molar-refractivity contribution in [2.24, 2.45) is 0 Å². The second kappa shape index (κ2) is 6.00. The first kappa shape index (κ1) is 14.8. The van der Waals surface area contributed by atoms with Gasteiger partial charge < -0.3 is 9.67 Å². The van der Waals surface area contributed by atoms with Crippen molar-refractivity contribution in [3.63, 3.8) is 0 Å². The lowest BCUT2D eigenvalue weighted by molar-refractivity contribution is 0.0697. The standard InChI is InChI=1S/C21H19NO2/c23-21(24)18-12-6-5-11-17(18)20-14-15-8-4-7-13-19(15)22(20)16-9-2-1-3-10-16/h1-3,5-6,9-12,14H,4,7-8,13H2,(H,23,24). The molecule has 3 heteroatoms. The van der Waals surface area contributed by atoms with Crippen molar-refractivity contribution in [1.82, 2.24) is 4.57 Å². The van der Waals surface area contributed by atoms with Gasteiger partial charge >= 0.3 is 5.97 Å². The molecule has 3 aromatic rings. The zero-order valence-corrected chi connectivity index (χ0v) is 13.4. The summed E-state index contributed by atoms with van der Waals surface area (Å²) in [5, 5.41) is 9.58. The Morgan fingerprint density at radius 1 is 0.917 bits per heavy atom. The normalized spacial score (nSPS) is 13.5. The van der Waals surface area contributed by atoms with E-state index in [-0.39, 0.29) is 0 Å². The number of carboxylic acids is 1. The molecule has 0 radical (unpaired) electrons. The van der Waals surface area contributed by atoms with Crippen LogP contribution < -0.4 is 0 Å². The van der Waals surface area contributed by atoms with Crippen LogP contribution in [0.2, 0.25) is 0 Å². The number of benzene rings is 2. The Balaban J connectivity index is 2.00. The van der Waals surface area contributed by atoms with E-state index in [1.807, 2.05) is 30.3 Å². The molecule has 4 rings (SSSR count). The van der Waals surface area contributed by atoms with Crippen molar-refractivity contribution in [3.8, 4) is 16.9 Å². The molecule has 0 saturated carbocycles. The maximum atomic E-state index is 11.7. The maximum Gasteiger partial charge on any atom is 0.336 e. The molecule has 120 valence electrons. The lowest BCUT2D eigenvalue weighted by Gasteiger charge is -2.18. The molecule has 0 atom stereocenters. The van der Waals surface area contributed by atoms with Crippen LogP contribution in [0.4, 0.5) is 0 Å². The van der Waals surface area contributed by atoms with Crippen LogP contribution in [0.1, 0.15) is 34.5 Å². The summed E-state index contributed by atoms with van der Waals surface area (Å²) in [7, 11) is 0. The monoisotopic (exact) mass is 317 g/mol. The van der Waals surface area contributed by atoms with E-state index in [2.05, 4.69) is 22.8 Å². The number of aromatic nitrogens is 1. The smallest absolute Gasteiger partial charge is 0.336 e. The number of para-hydroxylation sites is 1. The largest absolute Gasteiger partial charge is 0.478 e. The van der Waals surface area contributed by atoms with Crippen LogP contribution in [0.15, 0.2) is 60.7 Å². The summed E-state index contributed by atoms with van der Waals surface area (Å²) in [5.74, 6) is -0.885. The van der Waals surface area contributed by atoms with Crippen molar-refractivity contribution in [3.05, 3.63) is 77.5 Å². The van der Waals surface area contributed by atoms with Gasteiger partial charge in [0.25, 0.3) is 0 Å². The lowest BCUT2D eigenvalue weighted by Crippen LogP contribution is -2.08. The fraction of sp³-hybridized carbons (Fsp3) is 0.190. The van der Waals surface area contributed by atoms with Gasteiger partial charge in [0.2, 0.25) is 0 Å². The molecule has 24 heavy (non-hydrogen) atoms. The molecular formula is C21H19NO2. The summed E-state index contributed by atoms with van der Waals surface area (Å²) in [4.78, 5) is 11.7. The fourth-order valence-corrected chi connectivity index (χ4v) is 3.66. The van der Waals surface area contributed by atoms with Gasteiger partial charge in [0.05, 0.1) is 11.3 Å². The number of nitrogens with zero attached hydrogens (tertiary/aromatic N) is 1. The quantitative estimate of drug-likeness (QED) is 0.759. The average Bonchev–Trinajstić information content (AvgIpc) is 3.01. The van der Waals surface area contributed by atoms with Crippen LogP contribution in [0.3, 0.4) is 0 Å². The molecule has 1 aliphatic rings. The minimum absolute atomic E-state index is 0.351. The van der Waals surface area contributed by atoms with Gasteiger partial charge in [0.1, 0.15) is 0 Å². The van der Waals surface area contributed by atoms with Gasteiger partial charge in [-0.15, -0.1) is 0 Å². The number of aromatic carboxylic acids is 1. The second-order valence-electron chi connectivity index (χ2n) is 6.23. The molecular weight excluding hydrogens is 298 g/mol. The first-order valence-corrected chi connectivity index (χ1v) is 8.37. The third-order valence-electron chi connectivity index (χ3n) is 4.75. The van der Waals surface area contributed by atoms with Crippen molar-refractivity contribution in [2.75, 3.05) is 0 Å². The van der Waals surface area contributed by atoms with E-state index in [1.165, 1.54) is 24.1 Å². The van der Waals surface area contributed by atoms with Crippen LogP contribution >= 0.6 is 0 Å². The van der Waals surface area contributed by atoms with Gasteiger partial charge in [-0.1, -0.05) is 36.4 Å².